The van der Waals surface area contributed by atoms with E-state index in [0.29, 0.717) is 10.8 Å². The largest absolute Gasteiger partial charge is 0.488 e. The van der Waals surface area contributed by atoms with Crippen molar-refractivity contribution in [3.63, 3.8) is 0 Å². The van der Waals surface area contributed by atoms with Gasteiger partial charge in [0.15, 0.2) is 5.78 Å². The zero-order chi connectivity index (χ0) is 15.7. The summed E-state index contributed by atoms with van der Waals surface area (Å²) >= 11 is 0. The molecule has 0 aliphatic rings. The van der Waals surface area contributed by atoms with Crippen LogP contribution < -0.4 is 10.9 Å². The molecule has 5 nitrogen and oxygen atoms in total. The van der Waals surface area contributed by atoms with Gasteiger partial charge >= 0.3 is 14.2 Å². The van der Waals surface area contributed by atoms with Crippen molar-refractivity contribution in [2.24, 2.45) is 0 Å². The monoisotopic (exact) mass is 284 g/mol. The average Bonchev–Trinajstić information content (AvgIpc) is 2.43. The minimum atomic E-state index is -2.01. The third kappa shape index (κ3) is 2.77. The van der Waals surface area contributed by atoms with Gasteiger partial charge in [0.2, 0.25) is 0 Å². The Morgan fingerprint density at radius 2 is 1.62 bits per heavy atom. The average molecular weight is 284 g/mol. The Hall–Kier alpha value is -1.92. The van der Waals surface area contributed by atoms with Crippen molar-refractivity contribution in [1.29, 1.82) is 0 Å². The lowest BCUT2D eigenvalue weighted by atomic mass is 9.61. The summed E-state index contributed by atoms with van der Waals surface area (Å²) in [5.74, 6) is -0.481. The smallest absolute Gasteiger partial charge is 0.423 e. The van der Waals surface area contributed by atoms with Crippen LogP contribution in [0.4, 0.5) is 0 Å². The van der Waals surface area contributed by atoms with Crippen molar-refractivity contribution in [2.75, 3.05) is 0 Å². The van der Waals surface area contributed by atoms with Crippen LogP contribution in [0.2, 0.25) is 0 Å². The molecular weight excluding hydrogens is 270 g/mol. The van der Waals surface area contributed by atoms with Crippen molar-refractivity contribution >= 4 is 41.7 Å². The topological polar surface area (TPSA) is 98.0 Å². The molecule has 0 saturated heterocycles. The zero-order valence-corrected chi connectivity index (χ0v) is 11.4. The van der Waals surface area contributed by atoms with Crippen molar-refractivity contribution in [1.82, 2.24) is 0 Å². The quantitative estimate of drug-likeness (QED) is 0.326. The molecule has 0 fully saturated rings. The highest BCUT2D eigenvalue weighted by atomic mass is 16.4. The Labute approximate surface area is 122 Å². The Morgan fingerprint density at radius 3 is 2.14 bits per heavy atom. The molecule has 0 bridgehead atoms. The summed E-state index contributed by atoms with van der Waals surface area (Å²) in [7, 11) is -3.95. The number of carbonyl (C=O) groups excluding carboxylic acids is 1. The summed E-state index contributed by atoms with van der Waals surface area (Å²) in [6, 6.07) is 8.23. The second kappa shape index (κ2) is 5.83. The van der Waals surface area contributed by atoms with Gasteiger partial charge in [-0.3, -0.25) is 4.79 Å². The summed E-state index contributed by atoms with van der Waals surface area (Å²) in [6.45, 7) is 5.05. The SMILES string of the molecule is C=C(C)C(=O)c1cc2ccccc2c(B(O)O)c1B(O)O. The molecule has 7 heteroatoms. The molecule has 21 heavy (non-hydrogen) atoms. The van der Waals surface area contributed by atoms with Gasteiger partial charge in [-0.15, -0.1) is 0 Å². The molecule has 0 saturated carbocycles. The fourth-order valence-corrected chi connectivity index (χ4v) is 2.37. The molecule has 0 aromatic heterocycles. The highest BCUT2D eigenvalue weighted by Gasteiger charge is 2.31. The minimum absolute atomic E-state index is 0.000648. The number of hydrogen-bond donors (Lipinski definition) is 4. The van der Waals surface area contributed by atoms with Crippen molar-refractivity contribution < 1.29 is 24.9 Å². The van der Waals surface area contributed by atoms with E-state index in [1.54, 1.807) is 24.3 Å². The van der Waals surface area contributed by atoms with Crippen LogP contribution in [0.25, 0.3) is 10.8 Å². The summed E-state index contributed by atoms with van der Waals surface area (Å²) in [6.07, 6.45) is 0. The van der Waals surface area contributed by atoms with Crippen LogP contribution in [0.5, 0.6) is 0 Å². The molecule has 0 aliphatic heterocycles. The lowest BCUT2D eigenvalue weighted by Gasteiger charge is -2.16. The first-order valence-corrected chi connectivity index (χ1v) is 6.32. The van der Waals surface area contributed by atoms with Crippen molar-refractivity contribution in [3.05, 3.63) is 48.0 Å². The Kier molecular flexibility index (Phi) is 4.29. The zero-order valence-electron chi connectivity index (χ0n) is 11.4. The van der Waals surface area contributed by atoms with Crippen LogP contribution in [0.1, 0.15) is 17.3 Å². The second-order valence-corrected chi connectivity index (χ2v) is 4.83. The molecule has 106 valence electrons. The third-order valence-corrected chi connectivity index (χ3v) is 3.28. The van der Waals surface area contributed by atoms with Gasteiger partial charge in [-0.1, -0.05) is 30.8 Å². The third-order valence-electron chi connectivity index (χ3n) is 3.28. The van der Waals surface area contributed by atoms with Gasteiger partial charge in [0, 0.05) is 5.56 Å². The van der Waals surface area contributed by atoms with Crippen LogP contribution in [0.15, 0.2) is 42.5 Å². The predicted molar refractivity (Wildman–Crippen MR) is 82.7 cm³/mol. The van der Waals surface area contributed by atoms with E-state index in [-0.39, 0.29) is 22.1 Å². The maximum Gasteiger partial charge on any atom is 0.488 e. The highest BCUT2D eigenvalue weighted by molar-refractivity contribution is 6.75. The lowest BCUT2D eigenvalue weighted by Crippen LogP contribution is -2.52. The molecule has 0 aliphatic carbocycles. The summed E-state index contributed by atoms with van der Waals surface area (Å²) in [5, 5.41) is 39.4. The number of ketones is 1. The molecule has 4 N–H and O–H groups in total. The van der Waals surface area contributed by atoms with E-state index < -0.39 is 20.0 Å². The fraction of sp³-hybridized carbons (Fsp3) is 0.0714. The van der Waals surface area contributed by atoms with Crippen molar-refractivity contribution in [2.45, 2.75) is 6.92 Å². The maximum atomic E-state index is 12.2. The molecule has 2 rings (SSSR count). The molecule has 0 amide bonds. The molecule has 0 atom stereocenters. The van der Waals surface area contributed by atoms with E-state index in [4.69, 9.17) is 0 Å². The van der Waals surface area contributed by atoms with E-state index >= 15 is 0 Å². The van der Waals surface area contributed by atoms with Crippen LogP contribution in [-0.2, 0) is 0 Å². The number of rotatable bonds is 4. The van der Waals surface area contributed by atoms with E-state index in [1.165, 1.54) is 13.0 Å². The number of fused-ring (bicyclic) bond motifs is 1. The summed E-state index contributed by atoms with van der Waals surface area (Å²) < 4.78 is 0. The second-order valence-electron chi connectivity index (χ2n) is 4.83. The van der Waals surface area contributed by atoms with E-state index in [0.717, 1.165) is 0 Å². The van der Waals surface area contributed by atoms with Crippen LogP contribution >= 0.6 is 0 Å². The molecular formula is C14H14B2O5. The Bertz CT molecular complexity index is 725. The molecule has 2 aromatic carbocycles. The number of allylic oxidation sites excluding steroid dienone is 1. The first-order chi connectivity index (χ1) is 9.84. The molecule has 2 aromatic rings. The molecule has 0 heterocycles. The molecule has 0 radical (unpaired) electrons. The number of Topliss-reactive ketones (excluding diaryl/α,β-unsaturated/α-hetero) is 1. The van der Waals surface area contributed by atoms with E-state index in [2.05, 4.69) is 6.58 Å². The van der Waals surface area contributed by atoms with Gasteiger partial charge < -0.3 is 20.1 Å². The Balaban J connectivity index is 2.94. The van der Waals surface area contributed by atoms with Gasteiger partial charge in [0.25, 0.3) is 0 Å². The molecule has 0 unspecified atom stereocenters. The number of benzene rings is 2. The molecule has 0 spiro atoms. The predicted octanol–water partition coefficient (Wildman–Crippen LogP) is -1.04. The maximum absolute atomic E-state index is 12.2. The van der Waals surface area contributed by atoms with Gasteiger partial charge in [-0.25, -0.2) is 0 Å². The van der Waals surface area contributed by atoms with Gasteiger partial charge in [0.05, 0.1) is 0 Å². The highest BCUT2D eigenvalue weighted by Crippen LogP contribution is 2.16. The first kappa shape index (κ1) is 15.5. The standard InChI is InChI=1S/C14H14B2O5/c1-8(2)14(17)11-7-9-5-3-4-6-10(9)12(15(18)19)13(11)16(20)21/h3-7,18-21H,1H2,2H3. The van der Waals surface area contributed by atoms with E-state index in [1.807, 2.05) is 0 Å². The van der Waals surface area contributed by atoms with Crippen LogP contribution in [0.3, 0.4) is 0 Å². The number of hydrogen-bond acceptors (Lipinski definition) is 5. The van der Waals surface area contributed by atoms with Crippen LogP contribution in [-0.4, -0.2) is 40.1 Å². The fourth-order valence-electron chi connectivity index (χ4n) is 2.37. The summed E-state index contributed by atoms with van der Waals surface area (Å²) in [5.41, 5.74) is -0.0886. The minimum Gasteiger partial charge on any atom is -0.423 e. The summed E-state index contributed by atoms with van der Waals surface area (Å²) in [4.78, 5) is 12.2. The van der Waals surface area contributed by atoms with Crippen molar-refractivity contribution in [3.8, 4) is 0 Å². The van der Waals surface area contributed by atoms with E-state index in [9.17, 15) is 24.9 Å². The van der Waals surface area contributed by atoms with Gasteiger partial charge in [-0.2, -0.15) is 0 Å². The number of carbonyl (C=O) groups is 1. The van der Waals surface area contributed by atoms with Crippen LogP contribution in [0, 0.1) is 0 Å². The Morgan fingerprint density at radius 1 is 1.05 bits per heavy atom. The lowest BCUT2D eigenvalue weighted by molar-refractivity contribution is 0.103. The van der Waals surface area contributed by atoms with Gasteiger partial charge in [0.1, 0.15) is 0 Å². The first-order valence-electron chi connectivity index (χ1n) is 6.32. The van der Waals surface area contributed by atoms with Gasteiger partial charge in [-0.05, 0) is 40.3 Å². The normalized spacial score (nSPS) is 10.5.